The lowest BCUT2D eigenvalue weighted by Crippen LogP contribution is -2.27. The maximum Gasteiger partial charge on any atom is 0.295 e. The molecule has 0 fully saturated rings. The molecular weight excluding hydrogens is 333 g/mol. The number of carbonyl (C=O) groups excluding carboxylic acids is 1. The van der Waals surface area contributed by atoms with Crippen LogP contribution in [0.25, 0.3) is 0 Å². The fourth-order valence-electron chi connectivity index (χ4n) is 2.45. The number of halogens is 1. The van der Waals surface area contributed by atoms with Gasteiger partial charge in [0.05, 0.1) is 16.6 Å². The van der Waals surface area contributed by atoms with Crippen LogP contribution in [0.3, 0.4) is 0 Å². The molecule has 0 unspecified atom stereocenters. The number of nitrogens with two attached hydrogens (primary N) is 1. The minimum Gasteiger partial charge on any atom is -0.454 e. The van der Waals surface area contributed by atoms with Crippen molar-refractivity contribution in [3.8, 4) is 11.5 Å². The lowest BCUT2D eigenvalue weighted by atomic mass is 10.1. The van der Waals surface area contributed by atoms with E-state index in [1.165, 1.54) is 0 Å². The van der Waals surface area contributed by atoms with Gasteiger partial charge in [0.25, 0.3) is 11.6 Å². The van der Waals surface area contributed by atoms with Gasteiger partial charge in [-0.15, -0.1) is 0 Å². The van der Waals surface area contributed by atoms with Gasteiger partial charge in [-0.1, -0.05) is 6.07 Å². The van der Waals surface area contributed by atoms with Crippen LogP contribution in [-0.2, 0) is 6.42 Å². The second kappa shape index (κ2) is 6.63. The molecule has 0 spiro atoms. The lowest BCUT2D eigenvalue weighted by Gasteiger charge is -2.08. The van der Waals surface area contributed by atoms with Crippen molar-refractivity contribution in [2.45, 2.75) is 6.42 Å². The summed E-state index contributed by atoms with van der Waals surface area (Å²) in [7, 11) is 0. The summed E-state index contributed by atoms with van der Waals surface area (Å²) >= 11 is 0. The van der Waals surface area contributed by atoms with Gasteiger partial charge in [-0.2, -0.15) is 0 Å². The van der Waals surface area contributed by atoms with Crippen molar-refractivity contribution in [3.05, 3.63) is 57.4 Å². The summed E-state index contributed by atoms with van der Waals surface area (Å²) in [5.74, 6) is -0.288. The summed E-state index contributed by atoms with van der Waals surface area (Å²) in [6, 6.07) is 6.96. The zero-order valence-electron chi connectivity index (χ0n) is 13.0. The maximum absolute atomic E-state index is 13.5. The predicted octanol–water partition coefficient (Wildman–Crippen LogP) is 2.02. The summed E-state index contributed by atoms with van der Waals surface area (Å²) in [4.78, 5) is 22.2. The molecule has 2 aromatic carbocycles. The Morgan fingerprint density at radius 2 is 2.04 bits per heavy atom. The van der Waals surface area contributed by atoms with Crippen LogP contribution in [0.4, 0.5) is 15.8 Å². The van der Waals surface area contributed by atoms with Gasteiger partial charge in [0.15, 0.2) is 11.5 Å². The molecule has 2 aromatic rings. The highest BCUT2D eigenvalue weighted by Crippen LogP contribution is 2.32. The van der Waals surface area contributed by atoms with Crippen LogP contribution in [0.1, 0.15) is 15.9 Å². The molecule has 0 aliphatic carbocycles. The van der Waals surface area contributed by atoms with Crippen LogP contribution in [0.5, 0.6) is 11.5 Å². The van der Waals surface area contributed by atoms with Gasteiger partial charge in [-0.25, -0.2) is 4.39 Å². The SMILES string of the molecule is Nc1c(C(=O)NCCc2ccc3c(c2)OCO3)cc(F)cc1[N+](=O)[O-]. The summed E-state index contributed by atoms with van der Waals surface area (Å²) in [5, 5.41) is 13.4. The van der Waals surface area contributed by atoms with E-state index in [1.54, 1.807) is 12.1 Å². The Hall–Kier alpha value is -3.36. The first-order valence-electron chi connectivity index (χ1n) is 7.36. The molecule has 0 aromatic heterocycles. The number of nitrogens with one attached hydrogen (secondary N) is 1. The van der Waals surface area contributed by atoms with E-state index in [0.717, 1.165) is 11.6 Å². The number of fused-ring (bicyclic) bond motifs is 1. The van der Waals surface area contributed by atoms with Gasteiger partial charge in [0.2, 0.25) is 6.79 Å². The second-order valence-electron chi connectivity index (χ2n) is 5.34. The topological polar surface area (TPSA) is 117 Å². The Kier molecular flexibility index (Phi) is 4.38. The summed E-state index contributed by atoms with van der Waals surface area (Å²) in [5.41, 5.74) is 5.23. The largest absolute Gasteiger partial charge is 0.454 e. The van der Waals surface area contributed by atoms with E-state index in [-0.39, 0.29) is 24.6 Å². The third-order valence-corrected chi connectivity index (χ3v) is 3.70. The van der Waals surface area contributed by atoms with E-state index < -0.39 is 22.3 Å². The number of rotatable bonds is 5. The first kappa shape index (κ1) is 16.5. The third kappa shape index (κ3) is 3.44. The highest BCUT2D eigenvalue weighted by molar-refractivity contribution is 6.01. The fourth-order valence-corrected chi connectivity index (χ4v) is 2.45. The molecule has 0 saturated heterocycles. The predicted molar refractivity (Wildman–Crippen MR) is 86.1 cm³/mol. The van der Waals surface area contributed by atoms with Gasteiger partial charge in [-0.05, 0) is 30.2 Å². The van der Waals surface area contributed by atoms with Gasteiger partial charge in [0, 0.05) is 6.54 Å². The number of ether oxygens (including phenoxy) is 2. The smallest absolute Gasteiger partial charge is 0.295 e. The highest BCUT2D eigenvalue weighted by atomic mass is 19.1. The molecule has 1 amide bonds. The van der Waals surface area contributed by atoms with Gasteiger partial charge in [0.1, 0.15) is 11.5 Å². The van der Waals surface area contributed by atoms with Crippen molar-refractivity contribution >= 4 is 17.3 Å². The Bertz CT molecular complexity index is 856. The molecule has 0 atom stereocenters. The summed E-state index contributed by atoms with van der Waals surface area (Å²) < 4.78 is 24.0. The lowest BCUT2D eigenvalue weighted by molar-refractivity contribution is -0.384. The van der Waals surface area contributed by atoms with Gasteiger partial charge in [-0.3, -0.25) is 14.9 Å². The van der Waals surface area contributed by atoms with E-state index in [9.17, 15) is 19.3 Å². The standard InChI is InChI=1S/C16H14FN3O5/c17-10-6-11(15(18)12(7-10)20(22)23)16(21)19-4-3-9-1-2-13-14(5-9)25-8-24-13/h1-2,5-7H,3-4,8,18H2,(H,19,21). The zero-order valence-corrected chi connectivity index (χ0v) is 13.0. The number of carbonyl (C=O) groups is 1. The number of nitro groups is 1. The molecule has 1 heterocycles. The first-order valence-corrected chi connectivity index (χ1v) is 7.36. The van der Waals surface area contributed by atoms with Crippen LogP contribution < -0.4 is 20.5 Å². The molecule has 25 heavy (non-hydrogen) atoms. The zero-order chi connectivity index (χ0) is 18.0. The van der Waals surface area contributed by atoms with Crippen LogP contribution in [0.15, 0.2) is 30.3 Å². The molecule has 0 bridgehead atoms. The normalized spacial score (nSPS) is 12.0. The first-order chi connectivity index (χ1) is 12.0. The summed E-state index contributed by atoms with van der Waals surface area (Å²) in [6.07, 6.45) is 0.486. The quantitative estimate of drug-likeness (QED) is 0.485. The van der Waals surface area contributed by atoms with Crippen LogP contribution >= 0.6 is 0 Å². The van der Waals surface area contributed by atoms with Crippen molar-refractivity contribution < 1.29 is 23.6 Å². The highest BCUT2D eigenvalue weighted by Gasteiger charge is 2.21. The average Bonchev–Trinajstić information content (AvgIpc) is 3.04. The molecule has 0 saturated carbocycles. The molecular formula is C16H14FN3O5. The number of anilines is 1. The van der Waals surface area contributed by atoms with Gasteiger partial charge < -0.3 is 20.5 Å². The van der Waals surface area contributed by atoms with E-state index in [2.05, 4.69) is 5.32 Å². The van der Waals surface area contributed by atoms with Crippen molar-refractivity contribution in [2.75, 3.05) is 19.1 Å². The Morgan fingerprint density at radius 1 is 1.28 bits per heavy atom. The van der Waals surface area contributed by atoms with Gasteiger partial charge >= 0.3 is 0 Å². The van der Waals surface area contributed by atoms with E-state index >= 15 is 0 Å². The maximum atomic E-state index is 13.5. The molecule has 0 radical (unpaired) electrons. The number of nitrogens with zero attached hydrogens (tertiary/aromatic N) is 1. The average molecular weight is 347 g/mol. The fraction of sp³-hybridized carbons (Fsp3) is 0.188. The minimum atomic E-state index is -0.901. The van der Waals surface area contributed by atoms with E-state index in [4.69, 9.17) is 15.2 Å². The summed E-state index contributed by atoms with van der Waals surface area (Å²) in [6.45, 7) is 0.412. The number of amides is 1. The number of hydrogen-bond acceptors (Lipinski definition) is 6. The van der Waals surface area contributed by atoms with E-state index in [1.807, 2.05) is 6.07 Å². The Morgan fingerprint density at radius 3 is 2.80 bits per heavy atom. The van der Waals surface area contributed by atoms with Crippen molar-refractivity contribution in [3.63, 3.8) is 0 Å². The van der Waals surface area contributed by atoms with Crippen LogP contribution in [0, 0.1) is 15.9 Å². The monoisotopic (exact) mass is 347 g/mol. The number of nitrogen functional groups attached to an aromatic ring is 1. The second-order valence-corrected chi connectivity index (χ2v) is 5.34. The number of benzene rings is 2. The third-order valence-electron chi connectivity index (χ3n) is 3.70. The molecule has 3 N–H and O–H groups in total. The van der Waals surface area contributed by atoms with Crippen molar-refractivity contribution in [1.29, 1.82) is 0 Å². The number of nitro benzene ring substituents is 1. The molecule has 9 heteroatoms. The molecule has 130 valence electrons. The van der Waals surface area contributed by atoms with Crippen molar-refractivity contribution in [1.82, 2.24) is 5.32 Å². The number of hydrogen-bond donors (Lipinski definition) is 2. The molecule has 1 aliphatic rings. The Labute approximate surface area is 141 Å². The van der Waals surface area contributed by atoms with Crippen LogP contribution in [-0.4, -0.2) is 24.2 Å². The minimum absolute atomic E-state index is 0.174. The molecule has 1 aliphatic heterocycles. The Balaban J connectivity index is 1.66. The molecule has 3 rings (SSSR count). The van der Waals surface area contributed by atoms with Crippen LogP contribution in [0.2, 0.25) is 0 Å². The molecule has 8 nitrogen and oxygen atoms in total. The van der Waals surface area contributed by atoms with Crippen molar-refractivity contribution in [2.24, 2.45) is 0 Å². The van der Waals surface area contributed by atoms with E-state index in [0.29, 0.717) is 24.0 Å².